The number of cyclic esters (lactones) is 1. The molecule has 5 nitrogen and oxygen atoms in total. The minimum atomic E-state index is -0.763. The lowest BCUT2D eigenvalue weighted by molar-refractivity contribution is -0.145. The van der Waals surface area contributed by atoms with Gasteiger partial charge in [0, 0.05) is 26.2 Å². The number of anilines is 1. The van der Waals surface area contributed by atoms with Crippen molar-refractivity contribution in [2.45, 2.75) is 12.5 Å². The summed E-state index contributed by atoms with van der Waals surface area (Å²) in [6.07, 6.45) is -0.335. The Morgan fingerprint density at radius 3 is 2.83 bits per heavy atom. The molecule has 5 heteroatoms. The van der Waals surface area contributed by atoms with Crippen molar-refractivity contribution in [1.82, 2.24) is 0 Å². The second kappa shape index (κ2) is 5.08. The highest BCUT2D eigenvalue weighted by molar-refractivity contribution is 5.92. The number of benzene rings is 1. The van der Waals surface area contributed by atoms with Gasteiger partial charge < -0.3 is 14.4 Å². The largest absolute Gasteiger partial charge is 0.463 e. The van der Waals surface area contributed by atoms with Crippen LogP contribution in [-0.2, 0) is 14.3 Å². The first-order chi connectivity index (χ1) is 8.58. The van der Waals surface area contributed by atoms with Crippen LogP contribution in [-0.4, -0.2) is 38.7 Å². The van der Waals surface area contributed by atoms with Crippen molar-refractivity contribution in [3.05, 3.63) is 29.8 Å². The smallest absolute Gasteiger partial charge is 0.347 e. The number of carbonyl (C=O) groups excluding carboxylic acids is 2. The van der Waals surface area contributed by atoms with Crippen LogP contribution in [0.25, 0.3) is 0 Å². The zero-order valence-corrected chi connectivity index (χ0v) is 10.4. The van der Waals surface area contributed by atoms with Crippen LogP contribution in [0.3, 0.4) is 0 Å². The van der Waals surface area contributed by atoms with E-state index in [2.05, 4.69) is 0 Å². The summed E-state index contributed by atoms with van der Waals surface area (Å²) in [5.41, 5.74) is 1.33. The maximum atomic E-state index is 11.9. The zero-order chi connectivity index (χ0) is 13.1. The molecule has 0 N–H and O–H groups in total. The number of esters is 2. The van der Waals surface area contributed by atoms with Gasteiger partial charge in [-0.25, -0.2) is 9.59 Å². The zero-order valence-electron chi connectivity index (χ0n) is 10.4. The molecular formula is C13H15NO4. The maximum Gasteiger partial charge on any atom is 0.347 e. The standard InChI is InChI=1S/C13H15NO4/c1-14(2)10-5-3-4-9(8-10)12(15)18-11-6-7-17-13(11)16/h3-5,8,11H,6-7H2,1-2H3/t11-/m0/s1. The number of nitrogens with zero attached hydrogens (tertiary/aromatic N) is 1. The number of hydrogen-bond donors (Lipinski definition) is 0. The quantitative estimate of drug-likeness (QED) is 0.754. The topological polar surface area (TPSA) is 55.8 Å². The van der Waals surface area contributed by atoms with Crippen LogP contribution in [0.1, 0.15) is 16.8 Å². The monoisotopic (exact) mass is 249 g/mol. The fourth-order valence-corrected chi connectivity index (χ4v) is 1.69. The lowest BCUT2D eigenvalue weighted by Gasteiger charge is -2.14. The number of ether oxygens (including phenoxy) is 2. The molecule has 0 radical (unpaired) electrons. The van der Waals surface area contributed by atoms with Crippen LogP contribution in [0.5, 0.6) is 0 Å². The van der Waals surface area contributed by atoms with Gasteiger partial charge in [-0.1, -0.05) is 6.07 Å². The van der Waals surface area contributed by atoms with E-state index in [0.717, 1.165) is 5.69 Å². The summed E-state index contributed by atoms with van der Waals surface area (Å²) in [4.78, 5) is 25.0. The second-order valence-electron chi connectivity index (χ2n) is 4.29. The van der Waals surface area contributed by atoms with Crippen molar-refractivity contribution in [2.24, 2.45) is 0 Å². The third-order valence-corrected chi connectivity index (χ3v) is 2.73. The van der Waals surface area contributed by atoms with E-state index in [1.807, 2.05) is 25.1 Å². The molecule has 0 aliphatic carbocycles. The van der Waals surface area contributed by atoms with Crippen molar-refractivity contribution in [1.29, 1.82) is 0 Å². The van der Waals surface area contributed by atoms with Gasteiger partial charge in [0.1, 0.15) is 0 Å². The van der Waals surface area contributed by atoms with E-state index in [1.165, 1.54) is 0 Å². The predicted molar refractivity (Wildman–Crippen MR) is 65.5 cm³/mol. The Morgan fingerprint density at radius 2 is 2.22 bits per heavy atom. The van der Waals surface area contributed by atoms with Gasteiger partial charge in [-0.2, -0.15) is 0 Å². The summed E-state index contributed by atoms with van der Waals surface area (Å²) < 4.78 is 9.85. The Morgan fingerprint density at radius 1 is 1.44 bits per heavy atom. The van der Waals surface area contributed by atoms with Crippen LogP contribution in [0.2, 0.25) is 0 Å². The van der Waals surface area contributed by atoms with Crippen LogP contribution in [0.15, 0.2) is 24.3 Å². The third kappa shape index (κ3) is 2.61. The normalized spacial score (nSPS) is 18.3. The molecule has 1 aromatic rings. The van der Waals surface area contributed by atoms with E-state index < -0.39 is 18.0 Å². The van der Waals surface area contributed by atoms with Gasteiger partial charge in [-0.3, -0.25) is 0 Å². The van der Waals surface area contributed by atoms with Crippen molar-refractivity contribution < 1.29 is 19.1 Å². The number of carbonyl (C=O) groups is 2. The van der Waals surface area contributed by atoms with Crippen LogP contribution in [0.4, 0.5) is 5.69 Å². The summed E-state index contributed by atoms with van der Waals surface area (Å²) in [7, 11) is 3.78. The first-order valence-corrected chi connectivity index (χ1v) is 5.73. The molecular weight excluding hydrogens is 234 g/mol. The van der Waals surface area contributed by atoms with E-state index >= 15 is 0 Å². The van der Waals surface area contributed by atoms with Gasteiger partial charge in [-0.05, 0) is 18.2 Å². The molecule has 2 rings (SSSR count). The first-order valence-electron chi connectivity index (χ1n) is 5.73. The molecule has 0 aromatic heterocycles. The van der Waals surface area contributed by atoms with Gasteiger partial charge in [0.05, 0.1) is 12.2 Å². The van der Waals surface area contributed by atoms with Gasteiger partial charge in [0.15, 0.2) is 0 Å². The summed E-state index contributed by atoms with van der Waals surface area (Å²) in [5, 5.41) is 0. The Balaban J connectivity index is 2.09. The van der Waals surface area contributed by atoms with Crippen molar-refractivity contribution in [3.8, 4) is 0 Å². The highest BCUT2D eigenvalue weighted by Crippen LogP contribution is 2.17. The average Bonchev–Trinajstić information content (AvgIpc) is 2.75. The molecule has 1 heterocycles. The maximum absolute atomic E-state index is 11.9. The lowest BCUT2D eigenvalue weighted by Crippen LogP contribution is -2.22. The van der Waals surface area contributed by atoms with Crippen LogP contribution in [0, 0.1) is 0 Å². The van der Waals surface area contributed by atoms with Crippen molar-refractivity contribution in [3.63, 3.8) is 0 Å². The van der Waals surface area contributed by atoms with Crippen LogP contribution >= 0.6 is 0 Å². The highest BCUT2D eigenvalue weighted by Gasteiger charge is 2.30. The van der Waals surface area contributed by atoms with E-state index in [4.69, 9.17) is 9.47 Å². The molecule has 0 spiro atoms. The molecule has 96 valence electrons. The molecule has 0 bridgehead atoms. The Bertz CT molecular complexity index is 470. The molecule has 18 heavy (non-hydrogen) atoms. The number of rotatable bonds is 3. The van der Waals surface area contributed by atoms with Gasteiger partial charge in [0.2, 0.25) is 6.10 Å². The molecule has 1 aromatic carbocycles. The molecule has 1 aliphatic heterocycles. The number of hydrogen-bond acceptors (Lipinski definition) is 5. The second-order valence-corrected chi connectivity index (χ2v) is 4.29. The Kier molecular flexibility index (Phi) is 3.50. The fraction of sp³-hybridized carbons (Fsp3) is 0.385. The van der Waals surface area contributed by atoms with E-state index in [-0.39, 0.29) is 0 Å². The van der Waals surface area contributed by atoms with Crippen molar-refractivity contribution in [2.75, 3.05) is 25.6 Å². The molecule has 1 fully saturated rings. The van der Waals surface area contributed by atoms with Crippen molar-refractivity contribution >= 4 is 17.6 Å². The lowest BCUT2D eigenvalue weighted by atomic mass is 10.2. The molecule has 0 saturated carbocycles. The van der Waals surface area contributed by atoms with Crippen LogP contribution < -0.4 is 4.90 Å². The Labute approximate surface area is 105 Å². The summed E-state index contributed by atoms with van der Waals surface area (Å²) >= 11 is 0. The molecule has 1 aliphatic rings. The summed E-state index contributed by atoms with van der Waals surface area (Å²) in [6, 6.07) is 7.05. The minimum absolute atomic E-state index is 0.314. The minimum Gasteiger partial charge on any atom is -0.463 e. The van der Waals surface area contributed by atoms with E-state index in [9.17, 15) is 9.59 Å². The summed E-state index contributed by atoms with van der Waals surface area (Å²) in [6.45, 7) is 0.314. The van der Waals surface area contributed by atoms with E-state index in [0.29, 0.717) is 18.6 Å². The first kappa shape index (κ1) is 12.4. The third-order valence-electron chi connectivity index (χ3n) is 2.73. The highest BCUT2D eigenvalue weighted by atomic mass is 16.6. The molecule has 0 unspecified atom stereocenters. The molecule has 1 atom stereocenters. The summed E-state index contributed by atoms with van der Waals surface area (Å²) in [5.74, 6) is -0.963. The van der Waals surface area contributed by atoms with Gasteiger partial charge in [0.25, 0.3) is 0 Å². The average molecular weight is 249 g/mol. The fourth-order valence-electron chi connectivity index (χ4n) is 1.69. The van der Waals surface area contributed by atoms with Gasteiger partial charge in [-0.15, -0.1) is 0 Å². The SMILES string of the molecule is CN(C)c1cccc(C(=O)O[C@H]2CCOC2=O)c1. The molecule has 1 saturated heterocycles. The molecule has 0 amide bonds. The van der Waals surface area contributed by atoms with Gasteiger partial charge >= 0.3 is 11.9 Å². The predicted octanol–water partition coefficient (Wildman–Crippen LogP) is 1.22. The van der Waals surface area contributed by atoms with E-state index in [1.54, 1.807) is 18.2 Å². The Hall–Kier alpha value is -2.04.